The van der Waals surface area contributed by atoms with E-state index in [1.165, 1.54) is 0 Å². The van der Waals surface area contributed by atoms with Crippen molar-refractivity contribution in [1.82, 2.24) is 14.9 Å². The van der Waals surface area contributed by atoms with Crippen LogP contribution in [0.3, 0.4) is 0 Å². The van der Waals surface area contributed by atoms with E-state index in [-0.39, 0.29) is 5.91 Å². The molecule has 3 rings (SSSR count). The average Bonchev–Trinajstić information content (AvgIpc) is 2.63. The summed E-state index contributed by atoms with van der Waals surface area (Å²) in [7, 11) is 5.51. The van der Waals surface area contributed by atoms with Crippen molar-refractivity contribution >= 4 is 17.7 Å². The maximum atomic E-state index is 12.5. The summed E-state index contributed by atoms with van der Waals surface area (Å²) in [6, 6.07) is 9.66. The number of ether oxygens (including phenoxy) is 1. The highest BCUT2D eigenvalue weighted by Crippen LogP contribution is 2.18. The Morgan fingerprint density at radius 2 is 2.08 bits per heavy atom. The van der Waals surface area contributed by atoms with Gasteiger partial charge in [0.05, 0.1) is 7.11 Å². The van der Waals surface area contributed by atoms with Crippen molar-refractivity contribution in [2.24, 2.45) is 0 Å². The molecule has 0 unspecified atom stereocenters. The molecule has 0 spiro atoms. The topological polar surface area (TPSA) is 61.8 Å². The first-order chi connectivity index (χ1) is 12.1. The molecule has 1 fully saturated rings. The van der Waals surface area contributed by atoms with Gasteiger partial charge in [-0.25, -0.2) is 4.98 Å². The SMILES string of the molecule is COc1cccc(CN2CCN(c3nccc(N(C)C)n3)CC2=O)c1. The van der Waals surface area contributed by atoms with Gasteiger partial charge in [0.25, 0.3) is 0 Å². The van der Waals surface area contributed by atoms with Crippen LogP contribution < -0.4 is 14.5 Å². The van der Waals surface area contributed by atoms with Gasteiger partial charge < -0.3 is 19.4 Å². The minimum atomic E-state index is 0.0768. The minimum absolute atomic E-state index is 0.0768. The number of hydrogen-bond donors (Lipinski definition) is 0. The highest BCUT2D eigenvalue weighted by molar-refractivity contribution is 5.82. The molecule has 25 heavy (non-hydrogen) atoms. The van der Waals surface area contributed by atoms with Crippen molar-refractivity contribution in [3.8, 4) is 5.75 Å². The maximum absolute atomic E-state index is 12.5. The van der Waals surface area contributed by atoms with Gasteiger partial charge in [0.15, 0.2) is 0 Å². The van der Waals surface area contributed by atoms with E-state index in [4.69, 9.17) is 4.74 Å². The van der Waals surface area contributed by atoms with Crippen LogP contribution in [0.2, 0.25) is 0 Å². The van der Waals surface area contributed by atoms with Crippen LogP contribution in [0.4, 0.5) is 11.8 Å². The lowest BCUT2D eigenvalue weighted by Gasteiger charge is -2.34. The smallest absolute Gasteiger partial charge is 0.242 e. The molecule has 1 aliphatic heterocycles. The van der Waals surface area contributed by atoms with Crippen LogP contribution >= 0.6 is 0 Å². The zero-order valence-electron chi connectivity index (χ0n) is 14.8. The normalized spacial score (nSPS) is 14.6. The molecule has 1 aromatic carbocycles. The maximum Gasteiger partial charge on any atom is 0.242 e. The fourth-order valence-electron chi connectivity index (χ4n) is 2.78. The summed E-state index contributed by atoms with van der Waals surface area (Å²) < 4.78 is 5.24. The molecule has 0 N–H and O–H groups in total. The molecule has 0 atom stereocenters. The van der Waals surface area contributed by atoms with Crippen molar-refractivity contribution in [3.05, 3.63) is 42.1 Å². The first-order valence-corrected chi connectivity index (χ1v) is 8.23. The molecule has 0 saturated carbocycles. The lowest BCUT2D eigenvalue weighted by molar-refractivity contribution is -0.131. The van der Waals surface area contributed by atoms with Crippen LogP contribution in [-0.2, 0) is 11.3 Å². The molecule has 0 aliphatic carbocycles. The van der Waals surface area contributed by atoms with Crippen molar-refractivity contribution in [3.63, 3.8) is 0 Å². The molecule has 1 saturated heterocycles. The van der Waals surface area contributed by atoms with Gasteiger partial charge in [-0.1, -0.05) is 12.1 Å². The van der Waals surface area contributed by atoms with Crippen LogP contribution in [0, 0.1) is 0 Å². The van der Waals surface area contributed by atoms with Gasteiger partial charge in [-0.3, -0.25) is 4.79 Å². The van der Waals surface area contributed by atoms with E-state index in [0.29, 0.717) is 32.1 Å². The number of amides is 1. The summed E-state index contributed by atoms with van der Waals surface area (Å²) in [6.07, 6.45) is 1.73. The zero-order valence-corrected chi connectivity index (χ0v) is 14.8. The lowest BCUT2D eigenvalue weighted by atomic mass is 10.2. The largest absolute Gasteiger partial charge is 0.497 e. The number of carbonyl (C=O) groups is 1. The number of methoxy groups -OCH3 is 1. The molecule has 7 heteroatoms. The van der Waals surface area contributed by atoms with Gasteiger partial charge in [-0.05, 0) is 23.8 Å². The standard InChI is InChI=1S/C18H23N5O2/c1-21(2)16-7-8-19-18(20-16)23-10-9-22(17(24)13-23)12-14-5-4-6-15(11-14)25-3/h4-8,11H,9-10,12-13H2,1-3H3. The lowest BCUT2D eigenvalue weighted by Crippen LogP contribution is -2.50. The summed E-state index contributed by atoms with van der Waals surface area (Å²) in [4.78, 5) is 27.1. The molecular weight excluding hydrogens is 318 g/mol. The monoisotopic (exact) mass is 341 g/mol. The summed E-state index contributed by atoms with van der Waals surface area (Å²) in [6.45, 7) is 2.24. The number of benzene rings is 1. The summed E-state index contributed by atoms with van der Waals surface area (Å²) >= 11 is 0. The molecule has 2 aromatic rings. The third-order valence-electron chi connectivity index (χ3n) is 4.20. The molecular formula is C18H23N5O2. The van der Waals surface area contributed by atoms with E-state index >= 15 is 0 Å². The molecule has 132 valence electrons. The van der Waals surface area contributed by atoms with Crippen molar-refractivity contribution in [2.45, 2.75) is 6.54 Å². The Labute approximate surface area is 147 Å². The van der Waals surface area contributed by atoms with E-state index in [0.717, 1.165) is 17.1 Å². The second-order valence-corrected chi connectivity index (χ2v) is 6.20. The number of piperazine rings is 1. The van der Waals surface area contributed by atoms with Gasteiger partial charge >= 0.3 is 0 Å². The van der Waals surface area contributed by atoms with Gasteiger partial charge in [0, 0.05) is 39.9 Å². The molecule has 1 aromatic heterocycles. The average molecular weight is 341 g/mol. The molecule has 7 nitrogen and oxygen atoms in total. The Balaban J connectivity index is 1.66. The Kier molecular flexibility index (Phi) is 5.02. The van der Waals surface area contributed by atoms with Crippen LogP contribution in [0.25, 0.3) is 0 Å². The first kappa shape index (κ1) is 17.0. The summed E-state index contributed by atoms with van der Waals surface area (Å²) in [5.41, 5.74) is 1.06. The summed E-state index contributed by atoms with van der Waals surface area (Å²) in [5, 5.41) is 0. The van der Waals surface area contributed by atoms with Crippen LogP contribution in [-0.4, -0.2) is 61.6 Å². The van der Waals surface area contributed by atoms with Crippen molar-refractivity contribution in [2.75, 3.05) is 50.6 Å². The van der Waals surface area contributed by atoms with E-state index < -0.39 is 0 Å². The molecule has 0 radical (unpaired) electrons. The fraction of sp³-hybridized carbons (Fsp3) is 0.389. The molecule has 2 heterocycles. The Morgan fingerprint density at radius 1 is 1.24 bits per heavy atom. The van der Waals surface area contributed by atoms with Crippen LogP contribution in [0.15, 0.2) is 36.5 Å². The Morgan fingerprint density at radius 3 is 2.80 bits per heavy atom. The van der Waals surface area contributed by atoms with E-state index in [1.54, 1.807) is 13.3 Å². The molecule has 1 amide bonds. The van der Waals surface area contributed by atoms with Gasteiger partial charge in [0.2, 0.25) is 11.9 Å². The second kappa shape index (κ2) is 7.38. The fourth-order valence-corrected chi connectivity index (χ4v) is 2.78. The highest BCUT2D eigenvalue weighted by Gasteiger charge is 2.25. The predicted octanol–water partition coefficient (Wildman–Crippen LogP) is 1.40. The molecule has 1 aliphatic rings. The van der Waals surface area contributed by atoms with E-state index in [9.17, 15) is 4.79 Å². The third kappa shape index (κ3) is 3.99. The zero-order chi connectivity index (χ0) is 17.8. The van der Waals surface area contributed by atoms with Crippen LogP contribution in [0.1, 0.15) is 5.56 Å². The van der Waals surface area contributed by atoms with Crippen molar-refractivity contribution < 1.29 is 9.53 Å². The number of rotatable bonds is 5. The number of hydrogen-bond acceptors (Lipinski definition) is 6. The van der Waals surface area contributed by atoms with Crippen LogP contribution in [0.5, 0.6) is 5.75 Å². The number of carbonyl (C=O) groups excluding carboxylic acids is 1. The quantitative estimate of drug-likeness (QED) is 0.819. The predicted molar refractivity (Wildman–Crippen MR) is 97.0 cm³/mol. The Hall–Kier alpha value is -2.83. The van der Waals surface area contributed by atoms with E-state index in [1.807, 2.05) is 59.1 Å². The number of aromatic nitrogens is 2. The number of nitrogens with zero attached hydrogens (tertiary/aromatic N) is 5. The highest BCUT2D eigenvalue weighted by atomic mass is 16.5. The van der Waals surface area contributed by atoms with Crippen molar-refractivity contribution in [1.29, 1.82) is 0 Å². The van der Waals surface area contributed by atoms with Gasteiger partial charge in [-0.2, -0.15) is 4.98 Å². The summed E-state index contributed by atoms with van der Waals surface area (Å²) in [5.74, 6) is 2.31. The second-order valence-electron chi connectivity index (χ2n) is 6.20. The van der Waals surface area contributed by atoms with Gasteiger partial charge in [0.1, 0.15) is 18.1 Å². The Bertz CT molecular complexity index is 750. The minimum Gasteiger partial charge on any atom is -0.497 e. The van der Waals surface area contributed by atoms with E-state index in [2.05, 4.69) is 9.97 Å². The van der Waals surface area contributed by atoms with Gasteiger partial charge in [-0.15, -0.1) is 0 Å². The first-order valence-electron chi connectivity index (χ1n) is 8.23. The number of anilines is 2. The third-order valence-corrected chi connectivity index (χ3v) is 4.20. The molecule has 0 bridgehead atoms.